The summed E-state index contributed by atoms with van der Waals surface area (Å²) in [5.41, 5.74) is 2.89. The molecule has 0 saturated carbocycles. The first-order chi connectivity index (χ1) is 13.7. The summed E-state index contributed by atoms with van der Waals surface area (Å²) in [6.07, 6.45) is 2.98. The number of fused-ring (bicyclic) bond motifs is 1. The molecule has 2 aromatic carbocycles. The van der Waals surface area contributed by atoms with Crippen LogP contribution >= 0.6 is 11.8 Å². The first-order valence-electron chi connectivity index (χ1n) is 9.84. The van der Waals surface area contributed by atoms with Gasteiger partial charge in [0.1, 0.15) is 0 Å². The molecule has 0 aromatic heterocycles. The second kappa shape index (κ2) is 8.80. The molecule has 2 aliphatic rings. The molecule has 2 heterocycles. The summed E-state index contributed by atoms with van der Waals surface area (Å²) in [6, 6.07) is 15.8. The summed E-state index contributed by atoms with van der Waals surface area (Å²) >= 11 is 1.44. The number of carbonyl (C=O) groups excluding carboxylic acids is 2. The van der Waals surface area contributed by atoms with Crippen molar-refractivity contribution in [3.05, 3.63) is 59.7 Å². The topological polar surface area (TPSA) is 61.4 Å². The summed E-state index contributed by atoms with van der Waals surface area (Å²) in [5, 5.41) is 6.44. The maximum atomic E-state index is 12.8. The van der Waals surface area contributed by atoms with E-state index < -0.39 is 0 Å². The van der Waals surface area contributed by atoms with Gasteiger partial charge < -0.3 is 15.5 Å². The molecule has 0 aliphatic carbocycles. The fourth-order valence-corrected chi connectivity index (χ4v) is 4.76. The van der Waals surface area contributed by atoms with E-state index in [4.69, 9.17) is 0 Å². The van der Waals surface area contributed by atoms with Crippen LogP contribution in [-0.4, -0.2) is 43.2 Å². The number of thioether (sulfide) groups is 1. The second-order valence-electron chi connectivity index (χ2n) is 7.23. The van der Waals surface area contributed by atoms with Crippen molar-refractivity contribution in [3.63, 3.8) is 0 Å². The van der Waals surface area contributed by atoms with Gasteiger partial charge in [-0.2, -0.15) is 0 Å². The van der Waals surface area contributed by atoms with Crippen LogP contribution in [0.1, 0.15) is 28.8 Å². The first kappa shape index (κ1) is 19.0. The third-order valence-corrected chi connectivity index (χ3v) is 6.36. The summed E-state index contributed by atoms with van der Waals surface area (Å²) in [6.45, 7) is 2.56. The zero-order valence-corrected chi connectivity index (χ0v) is 16.6. The molecule has 4 rings (SSSR count). The van der Waals surface area contributed by atoms with E-state index in [-0.39, 0.29) is 17.9 Å². The van der Waals surface area contributed by atoms with Crippen molar-refractivity contribution in [1.82, 2.24) is 10.6 Å². The molecule has 1 fully saturated rings. The number of carbonyl (C=O) groups is 2. The lowest BCUT2D eigenvalue weighted by Crippen LogP contribution is -2.45. The van der Waals surface area contributed by atoms with E-state index in [0.717, 1.165) is 49.5 Å². The van der Waals surface area contributed by atoms with Crippen LogP contribution in [0.4, 0.5) is 5.69 Å². The SMILES string of the molecule is O=C(NC1CCCNC1)c1ccccc1SCC(=O)N1CCc2ccccc21. The summed E-state index contributed by atoms with van der Waals surface area (Å²) in [7, 11) is 0. The van der Waals surface area contributed by atoms with E-state index in [0.29, 0.717) is 11.3 Å². The molecule has 28 heavy (non-hydrogen) atoms. The van der Waals surface area contributed by atoms with Gasteiger partial charge in [-0.05, 0) is 49.6 Å². The van der Waals surface area contributed by atoms with Crippen molar-refractivity contribution in [1.29, 1.82) is 0 Å². The fraction of sp³-hybridized carbons (Fsp3) is 0.364. The second-order valence-corrected chi connectivity index (χ2v) is 8.24. The Kier molecular flexibility index (Phi) is 5.98. The maximum Gasteiger partial charge on any atom is 0.252 e. The van der Waals surface area contributed by atoms with E-state index in [2.05, 4.69) is 16.7 Å². The van der Waals surface area contributed by atoms with Crippen LogP contribution in [0.3, 0.4) is 0 Å². The minimum Gasteiger partial charge on any atom is -0.348 e. The molecule has 2 N–H and O–H groups in total. The molecule has 0 spiro atoms. The predicted octanol–water partition coefficient (Wildman–Crippen LogP) is 2.85. The van der Waals surface area contributed by atoms with Crippen molar-refractivity contribution < 1.29 is 9.59 Å². The maximum absolute atomic E-state index is 12.8. The Bertz CT molecular complexity index is 864. The summed E-state index contributed by atoms with van der Waals surface area (Å²) in [5.74, 6) is 0.348. The number of para-hydroxylation sites is 1. The number of benzene rings is 2. The quantitative estimate of drug-likeness (QED) is 0.765. The van der Waals surface area contributed by atoms with Gasteiger partial charge in [-0.1, -0.05) is 30.3 Å². The van der Waals surface area contributed by atoms with Crippen molar-refractivity contribution in [2.75, 3.05) is 30.3 Å². The zero-order chi connectivity index (χ0) is 19.3. The molecule has 1 unspecified atom stereocenters. The molecule has 0 bridgehead atoms. The average Bonchev–Trinajstić information content (AvgIpc) is 3.17. The summed E-state index contributed by atoms with van der Waals surface area (Å²) in [4.78, 5) is 28.2. The van der Waals surface area contributed by atoms with Crippen LogP contribution < -0.4 is 15.5 Å². The number of piperidine rings is 1. The van der Waals surface area contributed by atoms with Crippen LogP contribution in [0.15, 0.2) is 53.4 Å². The number of amides is 2. The lowest BCUT2D eigenvalue weighted by molar-refractivity contribution is -0.116. The predicted molar refractivity (Wildman–Crippen MR) is 113 cm³/mol. The average molecular weight is 396 g/mol. The number of rotatable bonds is 5. The van der Waals surface area contributed by atoms with Crippen molar-refractivity contribution in [2.24, 2.45) is 0 Å². The number of nitrogens with one attached hydrogen (secondary N) is 2. The Labute approximate surface area is 169 Å². The van der Waals surface area contributed by atoms with Crippen LogP contribution in [0.5, 0.6) is 0 Å². The largest absolute Gasteiger partial charge is 0.348 e. The standard InChI is InChI=1S/C22H25N3O2S/c26-21(25-13-11-16-6-1-3-9-19(16)25)15-28-20-10-4-2-8-18(20)22(27)24-17-7-5-12-23-14-17/h1-4,6,8-10,17,23H,5,7,11-15H2,(H,24,27). The van der Waals surface area contributed by atoms with E-state index in [1.807, 2.05) is 47.4 Å². The first-order valence-corrected chi connectivity index (χ1v) is 10.8. The minimum atomic E-state index is -0.0595. The minimum absolute atomic E-state index is 0.0595. The highest BCUT2D eigenvalue weighted by Gasteiger charge is 2.25. The fourth-order valence-electron chi connectivity index (χ4n) is 3.83. The van der Waals surface area contributed by atoms with Gasteiger partial charge in [-0.3, -0.25) is 9.59 Å². The van der Waals surface area contributed by atoms with Crippen LogP contribution in [0, 0.1) is 0 Å². The summed E-state index contributed by atoms with van der Waals surface area (Å²) < 4.78 is 0. The van der Waals surface area contributed by atoms with Gasteiger partial charge in [-0.15, -0.1) is 11.8 Å². The lowest BCUT2D eigenvalue weighted by atomic mass is 10.1. The van der Waals surface area contributed by atoms with E-state index in [1.54, 1.807) is 0 Å². The molecular formula is C22H25N3O2S. The van der Waals surface area contributed by atoms with Gasteiger partial charge in [0.05, 0.1) is 11.3 Å². The molecule has 0 radical (unpaired) electrons. The Morgan fingerprint density at radius 1 is 1.14 bits per heavy atom. The highest BCUT2D eigenvalue weighted by atomic mass is 32.2. The van der Waals surface area contributed by atoms with Crippen molar-refractivity contribution >= 4 is 29.3 Å². The highest BCUT2D eigenvalue weighted by Crippen LogP contribution is 2.29. The Morgan fingerprint density at radius 3 is 2.82 bits per heavy atom. The third kappa shape index (κ3) is 4.23. The Morgan fingerprint density at radius 2 is 1.96 bits per heavy atom. The highest BCUT2D eigenvalue weighted by molar-refractivity contribution is 8.00. The molecule has 2 aliphatic heterocycles. The third-order valence-electron chi connectivity index (χ3n) is 5.30. The normalized spacial score (nSPS) is 18.6. The zero-order valence-electron chi connectivity index (χ0n) is 15.8. The van der Waals surface area contributed by atoms with Crippen molar-refractivity contribution in [3.8, 4) is 0 Å². The van der Waals surface area contributed by atoms with Gasteiger partial charge in [0, 0.05) is 29.7 Å². The van der Waals surface area contributed by atoms with Gasteiger partial charge in [-0.25, -0.2) is 0 Å². The Hall–Kier alpha value is -2.31. The lowest BCUT2D eigenvalue weighted by Gasteiger charge is -2.24. The van der Waals surface area contributed by atoms with E-state index in [9.17, 15) is 9.59 Å². The molecular weight excluding hydrogens is 370 g/mol. The number of anilines is 1. The molecule has 1 saturated heterocycles. The monoisotopic (exact) mass is 395 g/mol. The molecule has 2 amide bonds. The van der Waals surface area contributed by atoms with Gasteiger partial charge >= 0.3 is 0 Å². The number of nitrogens with zero attached hydrogens (tertiary/aromatic N) is 1. The van der Waals surface area contributed by atoms with E-state index in [1.165, 1.54) is 17.3 Å². The molecule has 2 aromatic rings. The van der Waals surface area contributed by atoms with Crippen molar-refractivity contribution in [2.45, 2.75) is 30.2 Å². The van der Waals surface area contributed by atoms with Crippen LogP contribution in [-0.2, 0) is 11.2 Å². The molecule has 5 nitrogen and oxygen atoms in total. The Balaban J connectivity index is 1.40. The number of hydrogen-bond donors (Lipinski definition) is 2. The molecule has 6 heteroatoms. The molecule has 146 valence electrons. The van der Waals surface area contributed by atoms with Gasteiger partial charge in [0.25, 0.3) is 5.91 Å². The van der Waals surface area contributed by atoms with Gasteiger partial charge in [0.15, 0.2) is 0 Å². The molecule has 1 atom stereocenters. The smallest absolute Gasteiger partial charge is 0.252 e. The van der Waals surface area contributed by atoms with Crippen LogP contribution in [0.25, 0.3) is 0 Å². The van der Waals surface area contributed by atoms with E-state index >= 15 is 0 Å². The van der Waals surface area contributed by atoms with Gasteiger partial charge in [0.2, 0.25) is 5.91 Å². The number of hydrogen-bond acceptors (Lipinski definition) is 4. The van der Waals surface area contributed by atoms with Crippen LogP contribution in [0.2, 0.25) is 0 Å².